The second kappa shape index (κ2) is 9.60. The van der Waals surface area contributed by atoms with Crippen LogP contribution in [-0.2, 0) is 5.41 Å². The number of likely N-dealkylation sites (tertiary alicyclic amines) is 1. The van der Waals surface area contributed by atoms with Crippen molar-refractivity contribution < 1.29 is 0 Å². The molecule has 1 aromatic rings. The second-order valence-corrected chi connectivity index (χ2v) is 9.25. The van der Waals surface area contributed by atoms with Crippen molar-refractivity contribution in [2.75, 3.05) is 58.6 Å². The van der Waals surface area contributed by atoms with E-state index in [1.165, 1.54) is 63.2 Å². The Kier molecular flexibility index (Phi) is 7.43. The fourth-order valence-electron chi connectivity index (χ4n) is 4.13. The molecule has 0 saturated carbocycles. The Labute approximate surface area is 171 Å². The fraction of sp³-hybridized carbons (Fsp3) is 0.652. The minimum Gasteiger partial charge on any atom is -0.304 e. The van der Waals surface area contributed by atoms with Gasteiger partial charge in [-0.25, -0.2) is 0 Å². The summed E-state index contributed by atoms with van der Waals surface area (Å²) in [6, 6.07) is 9.77. The number of likely N-dealkylation sites (N-methyl/N-ethyl adjacent to an activating group) is 1. The normalized spacial score (nSPS) is 21.9. The largest absolute Gasteiger partial charge is 0.304 e. The maximum atomic E-state index is 4.47. The lowest BCUT2D eigenvalue weighted by Gasteiger charge is -2.41. The zero-order valence-corrected chi connectivity index (χ0v) is 18.3. The number of benzene rings is 1. The summed E-state index contributed by atoms with van der Waals surface area (Å²) in [7, 11) is 2.24. The minimum absolute atomic E-state index is 0.138. The van der Waals surface area contributed by atoms with E-state index >= 15 is 0 Å². The van der Waals surface area contributed by atoms with Gasteiger partial charge in [-0.3, -0.25) is 9.80 Å². The molecule has 0 N–H and O–H groups in total. The average molecular weight is 388 g/mol. The maximum Gasteiger partial charge on any atom is 0.0166 e. The molecule has 0 spiro atoms. The van der Waals surface area contributed by atoms with Gasteiger partial charge in [0.2, 0.25) is 0 Å². The number of hydrogen-bond acceptors (Lipinski definition) is 4. The highest BCUT2D eigenvalue weighted by atomic mass is 32.1. The van der Waals surface area contributed by atoms with Crippen LogP contribution in [0, 0.1) is 0 Å². The average Bonchev–Trinajstić information content (AvgIpc) is 2.70. The van der Waals surface area contributed by atoms with Crippen molar-refractivity contribution in [3.8, 4) is 0 Å². The van der Waals surface area contributed by atoms with Crippen molar-refractivity contribution in [1.82, 2.24) is 14.7 Å². The summed E-state index contributed by atoms with van der Waals surface area (Å²) < 4.78 is 0. The lowest BCUT2D eigenvalue weighted by molar-refractivity contribution is 0.0709. The molecule has 0 aliphatic carbocycles. The van der Waals surface area contributed by atoms with E-state index in [9.17, 15) is 0 Å². The van der Waals surface area contributed by atoms with Crippen molar-refractivity contribution in [3.63, 3.8) is 0 Å². The molecule has 3 nitrogen and oxygen atoms in total. The van der Waals surface area contributed by atoms with Gasteiger partial charge >= 0.3 is 0 Å². The lowest BCUT2D eigenvalue weighted by atomic mass is 9.86. The molecule has 2 heterocycles. The third-order valence-electron chi connectivity index (χ3n) is 6.37. The Morgan fingerprint density at radius 1 is 1.00 bits per heavy atom. The van der Waals surface area contributed by atoms with E-state index in [0.29, 0.717) is 0 Å². The molecule has 0 unspecified atom stereocenters. The Morgan fingerprint density at radius 2 is 1.63 bits per heavy atom. The van der Waals surface area contributed by atoms with Crippen LogP contribution in [0.25, 0.3) is 6.08 Å². The first kappa shape index (κ1) is 20.9. The molecule has 0 atom stereocenters. The molecule has 0 amide bonds. The van der Waals surface area contributed by atoms with Crippen LogP contribution in [0.5, 0.6) is 0 Å². The predicted octanol–water partition coefficient (Wildman–Crippen LogP) is 3.62. The topological polar surface area (TPSA) is 9.72 Å². The van der Waals surface area contributed by atoms with Gasteiger partial charge in [-0.05, 0) is 55.3 Å². The molecule has 1 aromatic carbocycles. The third kappa shape index (κ3) is 5.83. The van der Waals surface area contributed by atoms with Gasteiger partial charge in [0.05, 0.1) is 0 Å². The molecule has 0 radical (unpaired) electrons. The Balaban J connectivity index is 1.42. The van der Waals surface area contributed by atoms with Crippen molar-refractivity contribution in [2.45, 2.75) is 38.1 Å². The summed E-state index contributed by atoms with van der Waals surface area (Å²) in [5.41, 5.74) is 2.79. The van der Waals surface area contributed by atoms with Crippen LogP contribution in [0.15, 0.2) is 30.3 Å². The minimum atomic E-state index is 0.138. The Hall–Kier alpha value is -0.810. The zero-order chi connectivity index (χ0) is 19.3. The van der Waals surface area contributed by atoms with E-state index in [1.54, 1.807) is 0 Å². The highest BCUT2D eigenvalue weighted by Gasteiger charge is 2.26. The molecule has 2 aliphatic heterocycles. The summed E-state index contributed by atoms with van der Waals surface area (Å²) in [4.78, 5) is 7.77. The molecule has 0 aromatic heterocycles. The molecule has 27 heavy (non-hydrogen) atoms. The highest BCUT2D eigenvalue weighted by Crippen LogP contribution is 2.25. The number of hydrogen-bond donors (Lipinski definition) is 1. The molecular formula is C23H37N3S. The van der Waals surface area contributed by atoms with Gasteiger partial charge in [0, 0.05) is 38.8 Å². The summed E-state index contributed by atoms with van der Waals surface area (Å²) in [6.07, 6.45) is 7.25. The quantitative estimate of drug-likeness (QED) is 0.748. The SMILES string of the molecule is CN1CCN(C2CCN(C/C=C/c3ccc(C(C)(C)CS)cc3)CC2)CC1. The molecule has 0 bridgehead atoms. The van der Waals surface area contributed by atoms with E-state index in [2.05, 4.69) is 84.6 Å². The van der Waals surface area contributed by atoms with Crippen LogP contribution < -0.4 is 0 Å². The first-order chi connectivity index (χ1) is 13.0. The molecule has 2 saturated heterocycles. The summed E-state index contributed by atoms with van der Waals surface area (Å²) in [5, 5.41) is 0. The van der Waals surface area contributed by atoms with Gasteiger partial charge in [-0.1, -0.05) is 50.3 Å². The van der Waals surface area contributed by atoms with Crippen molar-refractivity contribution in [2.24, 2.45) is 0 Å². The number of piperidine rings is 1. The number of nitrogens with zero attached hydrogens (tertiary/aromatic N) is 3. The summed E-state index contributed by atoms with van der Waals surface area (Å²) >= 11 is 4.47. The van der Waals surface area contributed by atoms with Crippen LogP contribution in [0.3, 0.4) is 0 Å². The smallest absolute Gasteiger partial charge is 0.0166 e. The Morgan fingerprint density at radius 3 is 2.22 bits per heavy atom. The molecule has 2 fully saturated rings. The molecule has 150 valence electrons. The number of piperazine rings is 1. The maximum absolute atomic E-state index is 4.47. The van der Waals surface area contributed by atoms with Gasteiger partial charge in [0.25, 0.3) is 0 Å². The third-order valence-corrected chi connectivity index (χ3v) is 7.16. The van der Waals surface area contributed by atoms with Crippen LogP contribution in [0.1, 0.15) is 37.8 Å². The van der Waals surface area contributed by atoms with Crippen molar-refractivity contribution in [3.05, 3.63) is 41.5 Å². The first-order valence-corrected chi connectivity index (χ1v) is 11.1. The molecule has 4 heteroatoms. The van der Waals surface area contributed by atoms with Crippen molar-refractivity contribution in [1.29, 1.82) is 0 Å². The Bertz CT molecular complexity index is 595. The summed E-state index contributed by atoms with van der Waals surface area (Å²) in [6.45, 7) is 13.0. The van der Waals surface area contributed by atoms with E-state index in [-0.39, 0.29) is 5.41 Å². The van der Waals surface area contributed by atoms with Gasteiger partial charge < -0.3 is 4.90 Å². The van der Waals surface area contributed by atoms with Crippen LogP contribution >= 0.6 is 12.6 Å². The van der Waals surface area contributed by atoms with Gasteiger partial charge in [-0.15, -0.1) is 0 Å². The van der Waals surface area contributed by atoms with E-state index in [1.807, 2.05) is 0 Å². The first-order valence-electron chi connectivity index (χ1n) is 10.5. The predicted molar refractivity (Wildman–Crippen MR) is 121 cm³/mol. The van der Waals surface area contributed by atoms with Crippen LogP contribution in [-0.4, -0.2) is 79.4 Å². The van der Waals surface area contributed by atoms with E-state index in [4.69, 9.17) is 0 Å². The fourth-order valence-corrected chi connectivity index (χ4v) is 4.31. The second-order valence-electron chi connectivity index (χ2n) is 8.94. The van der Waals surface area contributed by atoms with E-state index in [0.717, 1.165) is 18.3 Å². The number of rotatable bonds is 6. The summed E-state index contributed by atoms with van der Waals surface area (Å²) in [5.74, 6) is 0.867. The van der Waals surface area contributed by atoms with Gasteiger partial charge in [0.15, 0.2) is 0 Å². The van der Waals surface area contributed by atoms with Gasteiger partial charge in [0.1, 0.15) is 0 Å². The van der Waals surface area contributed by atoms with Crippen LogP contribution in [0.4, 0.5) is 0 Å². The van der Waals surface area contributed by atoms with Crippen LogP contribution in [0.2, 0.25) is 0 Å². The highest BCUT2D eigenvalue weighted by molar-refractivity contribution is 7.80. The monoisotopic (exact) mass is 387 g/mol. The lowest BCUT2D eigenvalue weighted by Crippen LogP contribution is -2.52. The number of thiol groups is 1. The van der Waals surface area contributed by atoms with E-state index < -0.39 is 0 Å². The molecule has 2 aliphatic rings. The zero-order valence-electron chi connectivity index (χ0n) is 17.4. The molecular weight excluding hydrogens is 350 g/mol. The van der Waals surface area contributed by atoms with Gasteiger partial charge in [-0.2, -0.15) is 12.6 Å². The molecule has 3 rings (SSSR count). The standard InChI is InChI=1S/C23H37N3S/c1-23(2,19-27)21-8-6-20(7-9-21)5-4-12-25-13-10-22(11-14-25)26-17-15-24(3)16-18-26/h4-9,22,27H,10-19H2,1-3H3/b5-4+. The van der Waals surface area contributed by atoms with Crippen molar-refractivity contribution >= 4 is 18.7 Å².